The Bertz CT molecular complexity index is 1000. The van der Waals surface area contributed by atoms with E-state index in [1.165, 1.54) is 20.0 Å². The molecule has 0 bridgehead atoms. The monoisotopic (exact) mass is 506 g/mol. The number of carbonyl (C=O) groups excluding carboxylic acids is 4. The molecule has 2 aliphatic heterocycles. The summed E-state index contributed by atoms with van der Waals surface area (Å²) in [6.07, 6.45) is -3.41. The molecule has 13 nitrogen and oxygen atoms in total. The first-order valence-corrected chi connectivity index (χ1v) is 11.3. The van der Waals surface area contributed by atoms with Crippen LogP contribution in [0.4, 0.5) is 5.69 Å². The number of amides is 2. The van der Waals surface area contributed by atoms with E-state index in [-0.39, 0.29) is 69.3 Å². The SMILES string of the molecule is BC(=O)COCNCC(=O)OCc1ccc(O[C@H]2C[C@@H](O)C[C@@H](C(=O)O)O2)c(N2C(=O)CCC2=O)c1. The summed E-state index contributed by atoms with van der Waals surface area (Å²) in [5.74, 6) is -2.66. The number of aliphatic hydroxyl groups excluding tert-OH is 1. The van der Waals surface area contributed by atoms with Crippen molar-refractivity contribution in [3.05, 3.63) is 23.8 Å². The molecule has 3 N–H and O–H groups in total. The summed E-state index contributed by atoms with van der Waals surface area (Å²) in [6, 6.07) is 4.46. The van der Waals surface area contributed by atoms with Crippen LogP contribution in [0, 0.1) is 0 Å². The molecule has 2 fully saturated rings. The number of nitrogens with one attached hydrogen (secondary N) is 1. The fraction of sp³-hybridized carbons (Fsp3) is 0.500. The van der Waals surface area contributed by atoms with Gasteiger partial charge in [-0.25, -0.2) is 9.69 Å². The number of aliphatic carboxylic acids is 1. The summed E-state index contributed by atoms with van der Waals surface area (Å²) < 4.78 is 21.4. The van der Waals surface area contributed by atoms with Crippen LogP contribution in [0.2, 0.25) is 0 Å². The normalized spacial score (nSPS) is 21.9. The number of hydrogen-bond donors (Lipinski definition) is 3. The second-order valence-electron chi connectivity index (χ2n) is 8.34. The number of carboxylic acid groups (broad SMARTS) is 1. The average Bonchev–Trinajstić information content (AvgIpc) is 3.15. The summed E-state index contributed by atoms with van der Waals surface area (Å²) >= 11 is 0. The summed E-state index contributed by atoms with van der Waals surface area (Å²) in [4.78, 5) is 59.8. The van der Waals surface area contributed by atoms with Crippen molar-refractivity contribution >= 4 is 43.0 Å². The van der Waals surface area contributed by atoms with Crippen LogP contribution < -0.4 is 15.0 Å². The lowest BCUT2D eigenvalue weighted by Crippen LogP contribution is -2.42. The van der Waals surface area contributed by atoms with E-state index in [4.69, 9.17) is 18.9 Å². The average molecular weight is 506 g/mol. The second-order valence-corrected chi connectivity index (χ2v) is 8.34. The van der Waals surface area contributed by atoms with Gasteiger partial charge in [-0.3, -0.25) is 19.7 Å². The minimum Gasteiger partial charge on any atom is -0.479 e. The smallest absolute Gasteiger partial charge is 0.333 e. The molecule has 2 saturated heterocycles. The maximum Gasteiger partial charge on any atom is 0.333 e. The van der Waals surface area contributed by atoms with Gasteiger partial charge in [0.15, 0.2) is 14.0 Å². The zero-order valence-electron chi connectivity index (χ0n) is 19.6. The number of carboxylic acids is 1. The summed E-state index contributed by atoms with van der Waals surface area (Å²) in [6.45, 7) is -0.418. The molecule has 36 heavy (non-hydrogen) atoms. The third kappa shape index (κ3) is 7.59. The topological polar surface area (TPSA) is 178 Å². The maximum atomic E-state index is 12.4. The second kappa shape index (κ2) is 12.6. The molecule has 0 unspecified atom stereocenters. The molecule has 194 valence electrons. The van der Waals surface area contributed by atoms with E-state index in [2.05, 4.69) is 5.32 Å². The number of nitrogens with zero attached hydrogens (tertiary/aromatic N) is 1. The Balaban J connectivity index is 1.68. The van der Waals surface area contributed by atoms with E-state index in [0.717, 1.165) is 4.90 Å². The highest BCUT2D eigenvalue weighted by atomic mass is 16.7. The van der Waals surface area contributed by atoms with Crippen LogP contribution in [0.25, 0.3) is 0 Å². The highest BCUT2D eigenvalue weighted by molar-refractivity contribution is 6.58. The van der Waals surface area contributed by atoms with Crippen LogP contribution in [-0.2, 0) is 44.8 Å². The van der Waals surface area contributed by atoms with Gasteiger partial charge in [0.25, 0.3) is 0 Å². The van der Waals surface area contributed by atoms with Crippen molar-refractivity contribution in [2.75, 3.05) is 24.8 Å². The highest BCUT2D eigenvalue weighted by Crippen LogP contribution is 2.35. The fourth-order valence-corrected chi connectivity index (χ4v) is 3.64. The number of benzene rings is 1. The minimum absolute atomic E-state index is 0.00634. The van der Waals surface area contributed by atoms with Crippen LogP contribution in [0.3, 0.4) is 0 Å². The third-order valence-corrected chi connectivity index (χ3v) is 5.29. The minimum atomic E-state index is -1.27. The molecule has 3 atom stereocenters. The number of aliphatic hydroxyl groups is 1. The molecule has 0 aromatic heterocycles. The number of hydrogen-bond acceptors (Lipinski definition) is 11. The number of imide groups is 1. The Labute approximate surface area is 207 Å². The van der Waals surface area contributed by atoms with Gasteiger partial charge in [0.1, 0.15) is 18.0 Å². The van der Waals surface area contributed by atoms with Crippen LogP contribution >= 0.6 is 0 Å². The molecule has 3 rings (SSSR count). The van der Waals surface area contributed by atoms with Gasteiger partial charge in [-0.1, -0.05) is 6.07 Å². The first-order valence-electron chi connectivity index (χ1n) is 11.3. The summed E-state index contributed by atoms with van der Waals surface area (Å²) in [5, 5.41) is 21.9. The Morgan fingerprint density at radius 1 is 1.17 bits per heavy atom. The molecule has 2 aliphatic rings. The largest absolute Gasteiger partial charge is 0.479 e. The van der Waals surface area contributed by atoms with Gasteiger partial charge < -0.3 is 34.0 Å². The fourth-order valence-electron chi connectivity index (χ4n) is 3.64. The Morgan fingerprint density at radius 3 is 2.56 bits per heavy atom. The lowest BCUT2D eigenvalue weighted by atomic mass is 10.1. The molecule has 2 heterocycles. The molecule has 0 aliphatic carbocycles. The molecule has 1 aromatic carbocycles. The van der Waals surface area contributed by atoms with E-state index in [9.17, 15) is 34.2 Å². The van der Waals surface area contributed by atoms with Gasteiger partial charge in [-0.05, 0) is 17.7 Å². The van der Waals surface area contributed by atoms with Gasteiger partial charge in [0.2, 0.25) is 18.1 Å². The Kier molecular flexibility index (Phi) is 9.53. The number of ether oxygens (including phenoxy) is 4. The molecule has 2 amide bonds. The van der Waals surface area contributed by atoms with E-state index in [0.29, 0.717) is 5.56 Å². The van der Waals surface area contributed by atoms with Crippen LogP contribution in [0.5, 0.6) is 5.75 Å². The Hall–Kier alpha value is -3.33. The lowest BCUT2D eigenvalue weighted by molar-refractivity contribution is -0.195. The van der Waals surface area contributed by atoms with Crippen molar-refractivity contribution < 1.29 is 53.1 Å². The first-order chi connectivity index (χ1) is 17.1. The van der Waals surface area contributed by atoms with Crippen molar-refractivity contribution in [3.8, 4) is 5.75 Å². The standard InChI is InChI=1S/C22H27BN2O11/c23-17(27)10-33-11-24-8-20(30)34-9-12-1-2-15(14(5-12)25-18(28)3-4-19(25)29)35-21-7-13(26)6-16(36-21)22(31)32/h1-2,5,13,16,21,24,26H,3-4,6-11,23H2,(H,31,32)/t13-,16-,21+/m0/s1. The first kappa shape index (κ1) is 27.3. The van der Waals surface area contributed by atoms with Crippen molar-refractivity contribution in [2.45, 2.75) is 50.8 Å². The van der Waals surface area contributed by atoms with Crippen LogP contribution in [-0.4, -0.2) is 85.9 Å². The Morgan fingerprint density at radius 2 is 1.89 bits per heavy atom. The number of anilines is 1. The summed E-state index contributed by atoms with van der Waals surface area (Å²) in [5.41, 5.74) is 0.409. The maximum absolute atomic E-state index is 12.4. The van der Waals surface area contributed by atoms with Gasteiger partial charge in [0.05, 0.1) is 31.7 Å². The zero-order valence-corrected chi connectivity index (χ0v) is 19.6. The van der Waals surface area contributed by atoms with Crippen molar-refractivity contribution in [1.29, 1.82) is 0 Å². The lowest BCUT2D eigenvalue weighted by Gasteiger charge is -2.32. The van der Waals surface area contributed by atoms with Gasteiger partial charge >= 0.3 is 11.9 Å². The van der Waals surface area contributed by atoms with E-state index < -0.39 is 42.3 Å². The number of rotatable bonds is 12. The molecule has 0 radical (unpaired) electrons. The summed E-state index contributed by atoms with van der Waals surface area (Å²) in [7, 11) is 1.38. The zero-order chi connectivity index (χ0) is 26.2. The number of esters is 1. The van der Waals surface area contributed by atoms with Crippen molar-refractivity contribution in [3.63, 3.8) is 0 Å². The molecule has 14 heteroatoms. The van der Waals surface area contributed by atoms with Gasteiger partial charge in [-0.15, -0.1) is 0 Å². The predicted octanol–water partition coefficient (Wildman–Crippen LogP) is -1.56. The molecule has 0 saturated carbocycles. The molecular weight excluding hydrogens is 479 g/mol. The van der Waals surface area contributed by atoms with Crippen LogP contribution in [0.1, 0.15) is 31.2 Å². The third-order valence-electron chi connectivity index (χ3n) is 5.29. The quantitative estimate of drug-likeness (QED) is 0.0978. The number of carbonyl (C=O) groups is 5. The van der Waals surface area contributed by atoms with E-state index >= 15 is 0 Å². The molecule has 0 spiro atoms. The molecular formula is C22H27BN2O11. The van der Waals surface area contributed by atoms with Gasteiger partial charge in [0, 0.05) is 25.7 Å². The molecule has 1 aromatic rings. The predicted molar refractivity (Wildman–Crippen MR) is 123 cm³/mol. The van der Waals surface area contributed by atoms with E-state index in [1.807, 2.05) is 0 Å². The van der Waals surface area contributed by atoms with Gasteiger partial charge in [-0.2, -0.15) is 0 Å². The van der Waals surface area contributed by atoms with Crippen molar-refractivity contribution in [1.82, 2.24) is 5.32 Å². The van der Waals surface area contributed by atoms with E-state index in [1.54, 1.807) is 6.07 Å². The highest BCUT2D eigenvalue weighted by Gasteiger charge is 2.36. The van der Waals surface area contributed by atoms with Crippen molar-refractivity contribution in [2.24, 2.45) is 0 Å². The van der Waals surface area contributed by atoms with Crippen LogP contribution in [0.15, 0.2) is 18.2 Å².